The number of carbonyl (C=O) groups is 2. The van der Waals surface area contributed by atoms with Crippen LogP contribution in [-0.4, -0.2) is 34.0 Å². The topological polar surface area (TPSA) is 62.3 Å². The molecule has 0 radical (unpaired) electrons. The molecule has 2 heterocycles. The predicted octanol–water partition coefficient (Wildman–Crippen LogP) is 5.08. The molecular formula is C28H29F2N3O2. The molecule has 1 aliphatic heterocycles. The molecule has 1 saturated heterocycles. The van der Waals surface area contributed by atoms with Gasteiger partial charge < -0.3 is 10.2 Å². The van der Waals surface area contributed by atoms with Crippen molar-refractivity contribution in [3.63, 3.8) is 0 Å². The van der Waals surface area contributed by atoms with Gasteiger partial charge in [0.2, 0.25) is 5.91 Å². The summed E-state index contributed by atoms with van der Waals surface area (Å²) in [5.74, 6) is -4.24. The van der Waals surface area contributed by atoms with Crippen LogP contribution in [0.5, 0.6) is 0 Å². The molecule has 0 saturated carbocycles. The monoisotopic (exact) mass is 477 g/mol. The maximum atomic E-state index is 16.2. The van der Waals surface area contributed by atoms with Crippen molar-refractivity contribution in [2.45, 2.75) is 50.9 Å². The summed E-state index contributed by atoms with van der Waals surface area (Å²) in [5, 5.41) is 2.77. The fourth-order valence-corrected chi connectivity index (χ4v) is 4.55. The summed E-state index contributed by atoms with van der Waals surface area (Å²) in [7, 11) is 0. The van der Waals surface area contributed by atoms with Crippen molar-refractivity contribution in [2.24, 2.45) is 0 Å². The standard InChI is InChI=1S/C28H29F2N3O2/c1-19(2)23-12-11-22(17-24(23)29)26(21-9-4-3-5-10-21)32-27(35)28(30)13-7-15-33(28)25(34)16-20-8-6-14-31-18-20/h3-6,8-12,14,17-19,26H,7,13,15-16H2,1-2H3,(H,32,35)/t26-,28+/m0/s1. The number of alkyl halides is 1. The van der Waals surface area contributed by atoms with Crippen LogP contribution in [-0.2, 0) is 16.0 Å². The van der Waals surface area contributed by atoms with Crippen LogP contribution in [0.25, 0.3) is 0 Å². The lowest BCUT2D eigenvalue weighted by Gasteiger charge is -2.32. The van der Waals surface area contributed by atoms with E-state index in [0.29, 0.717) is 28.7 Å². The minimum Gasteiger partial charge on any atom is -0.341 e. The smallest absolute Gasteiger partial charge is 0.279 e. The van der Waals surface area contributed by atoms with E-state index in [4.69, 9.17) is 0 Å². The maximum Gasteiger partial charge on any atom is 0.279 e. The van der Waals surface area contributed by atoms with Crippen molar-refractivity contribution in [3.8, 4) is 0 Å². The van der Waals surface area contributed by atoms with Crippen LogP contribution in [0.4, 0.5) is 8.78 Å². The number of rotatable bonds is 7. The maximum absolute atomic E-state index is 16.2. The quantitative estimate of drug-likeness (QED) is 0.483. The lowest BCUT2D eigenvalue weighted by molar-refractivity contribution is -0.156. The van der Waals surface area contributed by atoms with Gasteiger partial charge in [0.05, 0.1) is 12.5 Å². The summed E-state index contributed by atoms with van der Waals surface area (Å²) >= 11 is 0. The molecule has 0 spiro atoms. The van der Waals surface area contributed by atoms with Gasteiger partial charge in [-0.1, -0.05) is 62.4 Å². The molecule has 1 fully saturated rings. The fourth-order valence-electron chi connectivity index (χ4n) is 4.55. The molecule has 4 rings (SSSR count). The first-order valence-corrected chi connectivity index (χ1v) is 11.8. The number of benzene rings is 2. The second kappa shape index (κ2) is 10.3. The Bertz CT molecular complexity index is 1190. The van der Waals surface area contributed by atoms with Gasteiger partial charge in [-0.2, -0.15) is 0 Å². The zero-order chi connectivity index (χ0) is 25.0. The largest absolute Gasteiger partial charge is 0.341 e. The molecule has 0 unspecified atom stereocenters. The number of nitrogens with zero attached hydrogens (tertiary/aromatic N) is 2. The summed E-state index contributed by atoms with van der Waals surface area (Å²) in [6, 6.07) is 16.5. The van der Waals surface area contributed by atoms with Gasteiger partial charge in [-0.3, -0.25) is 14.6 Å². The molecule has 2 aromatic carbocycles. The van der Waals surface area contributed by atoms with Gasteiger partial charge in [0.1, 0.15) is 5.82 Å². The average molecular weight is 478 g/mol. The van der Waals surface area contributed by atoms with Crippen LogP contribution in [0, 0.1) is 5.82 Å². The van der Waals surface area contributed by atoms with E-state index in [0.717, 1.165) is 4.90 Å². The number of pyridine rings is 1. The molecule has 1 N–H and O–H groups in total. The van der Waals surface area contributed by atoms with E-state index < -0.39 is 23.6 Å². The van der Waals surface area contributed by atoms with E-state index >= 15 is 4.39 Å². The molecule has 3 aromatic rings. The van der Waals surface area contributed by atoms with Crippen molar-refractivity contribution in [1.82, 2.24) is 15.2 Å². The summed E-state index contributed by atoms with van der Waals surface area (Å²) in [4.78, 5) is 31.3. The summed E-state index contributed by atoms with van der Waals surface area (Å²) in [6.45, 7) is 3.95. The van der Waals surface area contributed by atoms with E-state index in [1.807, 2.05) is 19.9 Å². The number of likely N-dealkylation sites (tertiary alicyclic amines) is 1. The van der Waals surface area contributed by atoms with Crippen LogP contribution >= 0.6 is 0 Å². The Hall–Kier alpha value is -3.61. The Kier molecular flexibility index (Phi) is 7.24. The zero-order valence-electron chi connectivity index (χ0n) is 19.9. The first kappa shape index (κ1) is 24.5. The van der Waals surface area contributed by atoms with Gasteiger partial charge in [0.25, 0.3) is 11.7 Å². The van der Waals surface area contributed by atoms with Crippen molar-refractivity contribution in [1.29, 1.82) is 0 Å². The third-order valence-electron chi connectivity index (χ3n) is 6.43. The Labute approximate surface area is 204 Å². The number of hydrogen-bond donors (Lipinski definition) is 1. The SMILES string of the molecule is CC(C)c1ccc([C@@H](NC(=O)[C@@]2(F)CCCN2C(=O)Cc2cccnc2)c2ccccc2)cc1F. The highest BCUT2D eigenvalue weighted by Crippen LogP contribution is 2.34. The molecule has 1 aromatic heterocycles. The molecule has 7 heteroatoms. The van der Waals surface area contributed by atoms with Crippen molar-refractivity contribution < 1.29 is 18.4 Å². The zero-order valence-corrected chi connectivity index (χ0v) is 19.9. The van der Waals surface area contributed by atoms with Gasteiger partial charge in [-0.15, -0.1) is 0 Å². The van der Waals surface area contributed by atoms with Crippen LogP contribution in [0.15, 0.2) is 73.1 Å². The number of hydrogen-bond acceptors (Lipinski definition) is 3. The molecule has 35 heavy (non-hydrogen) atoms. The molecule has 182 valence electrons. The number of carbonyl (C=O) groups excluding carboxylic acids is 2. The van der Waals surface area contributed by atoms with Gasteiger partial charge in [-0.05, 0) is 46.7 Å². The Morgan fingerprint density at radius 3 is 2.51 bits per heavy atom. The van der Waals surface area contributed by atoms with Gasteiger partial charge >= 0.3 is 0 Å². The Morgan fingerprint density at radius 1 is 1.09 bits per heavy atom. The van der Waals surface area contributed by atoms with E-state index in [1.165, 1.54) is 6.07 Å². The second-order valence-corrected chi connectivity index (χ2v) is 9.20. The highest BCUT2D eigenvalue weighted by molar-refractivity contribution is 5.91. The number of halogens is 2. The van der Waals surface area contributed by atoms with Gasteiger partial charge in [-0.25, -0.2) is 8.78 Å². The number of nitrogens with one attached hydrogen (secondary N) is 1. The van der Waals surface area contributed by atoms with Crippen LogP contribution in [0.1, 0.15) is 60.9 Å². The van der Waals surface area contributed by atoms with Crippen molar-refractivity contribution in [3.05, 3.63) is 101 Å². The van der Waals surface area contributed by atoms with Crippen molar-refractivity contribution in [2.75, 3.05) is 6.54 Å². The molecule has 1 aliphatic rings. The third-order valence-corrected chi connectivity index (χ3v) is 6.43. The lowest BCUT2D eigenvalue weighted by Crippen LogP contribution is -2.55. The number of amides is 2. The minimum atomic E-state index is -2.48. The van der Waals surface area contributed by atoms with E-state index in [-0.39, 0.29) is 31.1 Å². The first-order chi connectivity index (χ1) is 16.8. The molecule has 0 bridgehead atoms. The Balaban J connectivity index is 1.61. The summed E-state index contributed by atoms with van der Waals surface area (Å²) < 4.78 is 31.0. The number of aromatic nitrogens is 1. The van der Waals surface area contributed by atoms with Crippen molar-refractivity contribution >= 4 is 11.8 Å². The normalized spacial score (nSPS) is 18.5. The Morgan fingerprint density at radius 2 is 1.86 bits per heavy atom. The molecule has 0 aliphatic carbocycles. The lowest BCUT2D eigenvalue weighted by atomic mass is 9.94. The van der Waals surface area contributed by atoms with E-state index in [9.17, 15) is 14.0 Å². The van der Waals surface area contributed by atoms with Gasteiger partial charge in [0.15, 0.2) is 0 Å². The predicted molar refractivity (Wildman–Crippen MR) is 130 cm³/mol. The average Bonchev–Trinajstić information content (AvgIpc) is 3.26. The summed E-state index contributed by atoms with van der Waals surface area (Å²) in [5.41, 5.74) is 2.40. The van der Waals surface area contributed by atoms with Crippen LogP contribution in [0.2, 0.25) is 0 Å². The van der Waals surface area contributed by atoms with Gasteiger partial charge in [0, 0.05) is 25.4 Å². The molecule has 2 amide bonds. The highest BCUT2D eigenvalue weighted by atomic mass is 19.1. The van der Waals surface area contributed by atoms with Crippen LogP contribution < -0.4 is 5.32 Å². The van der Waals surface area contributed by atoms with Crippen LogP contribution in [0.3, 0.4) is 0 Å². The molecule has 2 atom stereocenters. The molecular weight excluding hydrogens is 448 g/mol. The molecule has 5 nitrogen and oxygen atoms in total. The highest BCUT2D eigenvalue weighted by Gasteiger charge is 2.50. The first-order valence-electron chi connectivity index (χ1n) is 11.8. The fraction of sp³-hybridized carbons (Fsp3) is 0.321. The second-order valence-electron chi connectivity index (χ2n) is 9.20. The van der Waals surface area contributed by atoms with E-state index in [1.54, 1.807) is 60.9 Å². The van der Waals surface area contributed by atoms with E-state index in [2.05, 4.69) is 10.3 Å². The minimum absolute atomic E-state index is 0.000742. The summed E-state index contributed by atoms with van der Waals surface area (Å²) in [6.07, 6.45) is 3.37. The third kappa shape index (κ3) is 5.24.